The van der Waals surface area contributed by atoms with E-state index in [2.05, 4.69) is 72.8 Å². The van der Waals surface area contributed by atoms with Crippen molar-refractivity contribution < 1.29 is 5.11 Å². The topological polar surface area (TPSA) is 70.2 Å². The number of rotatable bonds is 0. The normalized spacial score (nSPS) is 10.8. The lowest BCUT2D eigenvalue weighted by molar-refractivity contribution is 0.481. The summed E-state index contributed by atoms with van der Waals surface area (Å²) in [7, 11) is 0. The Morgan fingerprint density at radius 1 is 1.06 bits per heavy atom. The molecule has 0 bridgehead atoms. The molecule has 1 heterocycles. The molecule has 2 N–H and O–H groups in total. The summed E-state index contributed by atoms with van der Waals surface area (Å²) < 4.78 is 2.54. The molecule has 7 heteroatoms. The van der Waals surface area contributed by atoms with E-state index in [4.69, 9.17) is 0 Å². The van der Waals surface area contributed by atoms with Crippen LogP contribution in [0.5, 0.6) is 5.75 Å². The zero-order valence-electron chi connectivity index (χ0n) is 8.05. The van der Waals surface area contributed by atoms with Gasteiger partial charge in [-0.25, -0.2) is 0 Å². The molecule has 4 nitrogen and oxygen atoms in total. The highest BCUT2D eigenvalue weighted by Gasteiger charge is 2.12. The van der Waals surface area contributed by atoms with Crippen molar-refractivity contribution in [1.82, 2.24) is 4.98 Å². The molecule has 0 unspecified atom stereocenters. The standard InChI is InChI=1S/C10H4I3NO3/c11-3-1-4(12)9-7(8(3)13)5(15)2-6(16)10(17)14-9/h1-2,15H,(H,14,16,17). The molecule has 1 aromatic heterocycles. The van der Waals surface area contributed by atoms with Crippen LogP contribution in [0.15, 0.2) is 21.7 Å². The van der Waals surface area contributed by atoms with Gasteiger partial charge in [-0.05, 0) is 73.8 Å². The number of aromatic nitrogens is 1. The van der Waals surface area contributed by atoms with Crippen LogP contribution in [0.25, 0.3) is 10.9 Å². The number of hydrogen-bond donors (Lipinski definition) is 2. The number of hydrogen-bond acceptors (Lipinski definition) is 3. The van der Waals surface area contributed by atoms with Crippen LogP contribution in [0.1, 0.15) is 0 Å². The van der Waals surface area contributed by atoms with E-state index in [0.29, 0.717) is 10.9 Å². The third-order valence-corrected chi connectivity index (χ3v) is 6.01. The predicted molar refractivity (Wildman–Crippen MR) is 90.7 cm³/mol. The molecule has 0 spiro atoms. The molecule has 0 saturated carbocycles. The number of H-pyrrole nitrogens is 1. The number of aromatic hydroxyl groups is 1. The van der Waals surface area contributed by atoms with Crippen molar-refractivity contribution in [2.45, 2.75) is 0 Å². The summed E-state index contributed by atoms with van der Waals surface area (Å²) in [5.41, 5.74) is -0.995. The lowest BCUT2D eigenvalue weighted by Crippen LogP contribution is -2.22. The Hall–Kier alpha value is 0.0900. The van der Waals surface area contributed by atoms with Crippen LogP contribution >= 0.6 is 67.8 Å². The van der Waals surface area contributed by atoms with Gasteiger partial charge in [0.1, 0.15) is 5.75 Å². The molecule has 0 atom stereocenters. The van der Waals surface area contributed by atoms with Gasteiger partial charge >= 0.3 is 0 Å². The van der Waals surface area contributed by atoms with Gasteiger partial charge in [0.05, 0.1) is 10.9 Å². The molecular weight excluding hydrogens is 563 g/mol. The molecule has 0 aliphatic carbocycles. The zero-order valence-corrected chi connectivity index (χ0v) is 14.5. The van der Waals surface area contributed by atoms with E-state index in [1.165, 1.54) is 0 Å². The van der Waals surface area contributed by atoms with Crippen LogP contribution in [0.3, 0.4) is 0 Å². The first-order chi connectivity index (χ1) is 7.91. The fourth-order valence-electron chi connectivity index (χ4n) is 1.40. The second kappa shape index (κ2) is 4.99. The van der Waals surface area contributed by atoms with Gasteiger partial charge in [0.2, 0.25) is 5.43 Å². The number of benzene rings is 1. The molecule has 2 aromatic rings. The van der Waals surface area contributed by atoms with Crippen LogP contribution in [-0.4, -0.2) is 10.1 Å². The van der Waals surface area contributed by atoms with Gasteiger partial charge in [-0.15, -0.1) is 0 Å². The third kappa shape index (κ3) is 2.45. The minimum Gasteiger partial charge on any atom is -0.507 e. The quantitative estimate of drug-likeness (QED) is 0.292. The number of fused-ring (bicyclic) bond motifs is 1. The maximum absolute atomic E-state index is 11.4. The molecule has 0 amide bonds. The SMILES string of the molecule is O=c1cc(O)c2c(I)c(I)cc(I)c2[nH]c1=O. The predicted octanol–water partition coefficient (Wildman–Crippen LogP) is 2.41. The highest BCUT2D eigenvalue weighted by molar-refractivity contribution is 14.1. The molecule has 0 aliphatic rings. The first-order valence-electron chi connectivity index (χ1n) is 4.35. The van der Waals surface area contributed by atoms with Crippen molar-refractivity contribution in [3.05, 3.63) is 43.4 Å². The van der Waals surface area contributed by atoms with Gasteiger partial charge in [0.25, 0.3) is 5.56 Å². The third-order valence-electron chi connectivity index (χ3n) is 2.16. The molecular formula is C10H4I3NO3. The summed E-state index contributed by atoms with van der Waals surface area (Å²) in [4.78, 5) is 25.3. The molecule has 0 aliphatic heterocycles. The second-order valence-electron chi connectivity index (χ2n) is 3.25. The summed E-state index contributed by atoms with van der Waals surface area (Å²) in [6, 6.07) is 2.83. The van der Waals surface area contributed by atoms with E-state index in [1.807, 2.05) is 6.07 Å². The van der Waals surface area contributed by atoms with Gasteiger partial charge < -0.3 is 10.1 Å². The van der Waals surface area contributed by atoms with Gasteiger partial charge in [-0.1, -0.05) is 0 Å². The minimum atomic E-state index is -0.750. The van der Waals surface area contributed by atoms with Crippen LogP contribution in [-0.2, 0) is 0 Å². The van der Waals surface area contributed by atoms with Crippen LogP contribution in [0.4, 0.5) is 0 Å². The molecule has 17 heavy (non-hydrogen) atoms. The van der Waals surface area contributed by atoms with E-state index < -0.39 is 11.0 Å². The summed E-state index contributed by atoms with van der Waals surface area (Å²) in [5, 5.41) is 10.4. The maximum Gasteiger partial charge on any atom is 0.296 e. The molecule has 2 rings (SSSR count). The van der Waals surface area contributed by atoms with Crippen LogP contribution in [0, 0.1) is 10.7 Å². The Morgan fingerprint density at radius 2 is 1.71 bits per heavy atom. The first kappa shape index (κ1) is 13.5. The van der Waals surface area contributed by atoms with E-state index in [1.54, 1.807) is 0 Å². The fraction of sp³-hybridized carbons (Fsp3) is 0. The zero-order chi connectivity index (χ0) is 12.7. The van der Waals surface area contributed by atoms with Crippen molar-refractivity contribution in [1.29, 1.82) is 0 Å². The van der Waals surface area contributed by atoms with E-state index in [0.717, 1.165) is 16.8 Å². The average molecular weight is 567 g/mol. The largest absolute Gasteiger partial charge is 0.507 e. The van der Waals surface area contributed by atoms with Gasteiger partial charge in [-0.2, -0.15) is 0 Å². The molecule has 0 radical (unpaired) electrons. The second-order valence-corrected chi connectivity index (χ2v) is 6.66. The van der Waals surface area contributed by atoms with Crippen LogP contribution in [0.2, 0.25) is 0 Å². The smallest absolute Gasteiger partial charge is 0.296 e. The lowest BCUT2D eigenvalue weighted by Gasteiger charge is -2.04. The minimum absolute atomic E-state index is 0.177. The lowest BCUT2D eigenvalue weighted by atomic mass is 10.2. The van der Waals surface area contributed by atoms with E-state index in [-0.39, 0.29) is 5.75 Å². The number of aromatic amines is 1. The van der Waals surface area contributed by atoms with E-state index in [9.17, 15) is 14.7 Å². The van der Waals surface area contributed by atoms with Crippen molar-refractivity contribution >= 4 is 78.7 Å². The first-order valence-corrected chi connectivity index (χ1v) is 7.59. The van der Waals surface area contributed by atoms with Gasteiger partial charge in [-0.3, -0.25) is 9.59 Å². The fourth-order valence-corrected chi connectivity index (χ4v) is 3.99. The van der Waals surface area contributed by atoms with Crippen molar-refractivity contribution in [3.8, 4) is 5.75 Å². The molecule has 1 aromatic carbocycles. The van der Waals surface area contributed by atoms with Gasteiger partial charge in [0, 0.05) is 16.8 Å². The van der Waals surface area contributed by atoms with Crippen molar-refractivity contribution in [2.24, 2.45) is 0 Å². The van der Waals surface area contributed by atoms with Crippen molar-refractivity contribution in [2.75, 3.05) is 0 Å². The Kier molecular flexibility index (Phi) is 3.97. The maximum atomic E-state index is 11.4. The number of halogens is 3. The monoisotopic (exact) mass is 567 g/mol. The summed E-state index contributed by atoms with van der Waals surface area (Å²) in [6.45, 7) is 0. The average Bonchev–Trinajstić information content (AvgIpc) is 2.35. The highest BCUT2D eigenvalue weighted by atomic mass is 127. The Bertz CT molecular complexity index is 739. The summed E-state index contributed by atoms with van der Waals surface area (Å²) >= 11 is 6.28. The molecule has 88 valence electrons. The summed E-state index contributed by atoms with van der Waals surface area (Å²) in [5.74, 6) is -0.177. The Labute approximate surface area is 136 Å². The van der Waals surface area contributed by atoms with Crippen LogP contribution < -0.4 is 11.0 Å². The summed E-state index contributed by atoms with van der Waals surface area (Å²) in [6.07, 6.45) is 0. The highest BCUT2D eigenvalue weighted by Crippen LogP contribution is 2.32. The van der Waals surface area contributed by atoms with Crippen molar-refractivity contribution in [3.63, 3.8) is 0 Å². The van der Waals surface area contributed by atoms with E-state index >= 15 is 0 Å². The number of nitrogens with one attached hydrogen (secondary N) is 1. The van der Waals surface area contributed by atoms with Gasteiger partial charge in [0.15, 0.2) is 0 Å². The Balaban J connectivity index is 3.24. The Morgan fingerprint density at radius 3 is 2.35 bits per heavy atom. The molecule has 0 fully saturated rings. The molecule has 0 saturated heterocycles.